The molecule has 0 saturated heterocycles. The lowest BCUT2D eigenvalue weighted by molar-refractivity contribution is -0.690. The van der Waals surface area contributed by atoms with E-state index < -0.39 is 35.8 Å². The number of nitrogens with zero attached hydrogens (tertiary/aromatic N) is 1. The van der Waals surface area contributed by atoms with Gasteiger partial charge in [0.2, 0.25) is 0 Å². The molecule has 0 fully saturated rings. The van der Waals surface area contributed by atoms with Gasteiger partial charge < -0.3 is 5.11 Å². The highest BCUT2D eigenvalue weighted by Gasteiger charge is 2.47. The van der Waals surface area contributed by atoms with Crippen molar-refractivity contribution in [2.45, 2.75) is 28.8 Å². The van der Waals surface area contributed by atoms with Gasteiger partial charge in [-0.25, -0.2) is 16.8 Å². The molecule has 1 aromatic heterocycles. The maximum absolute atomic E-state index is 12.7. The van der Waals surface area contributed by atoms with Crippen molar-refractivity contribution in [3.8, 4) is 5.75 Å². The SMILES string of the molecule is CCS(=O)(=O)c1ccc[n+](Cc2cc(S(=O)(=O)C(F)(F)F)ccc2O)c1. The third kappa shape index (κ3) is 3.98. The minimum Gasteiger partial charge on any atom is -0.507 e. The molecule has 26 heavy (non-hydrogen) atoms. The van der Waals surface area contributed by atoms with Gasteiger partial charge in [0.25, 0.3) is 9.84 Å². The molecule has 0 aliphatic carbocycles. The van der Waals surface area contributed by atoms with Crippen molar-refractivity contribution in [3.63, 3.8) is 0 Å². The van der Waals surface area contributed by atoms with Gasteiger partial charge >= 0.3 is 5.51 Å². The molecule has 1 aromatic carbocycles. The molecule has 0 radical (unpaired) electrons. The topological polar surface area (TPSA) is 92.4 Å². The number of alkyl halides is 3. The molecule has 0 amide bonds. The van der Waals surface area contributed by atoms with Gasteiger partial charge in [-0.3, -0.25) is 0 Å². The van der Waals surface area contributed by atoms with Crippen molar-refractivity contribution in [2.24, 2.45) is 0 Å². The number of phenols is 1. The lowest BCUT2D eigenvalue weighted by Gasteiger charge is -2.10. The number of phenolic OH excluding ortho intramolecular Hbond substituents is 1. The van der Waals surface area contributed by atoms with Gasteiger partial charge in [0.1, 0.15) is 10.6 Å². The average Bonchev–Trinajstić information content (AvgIpc) is 2.56. The second-order valence-corrected chi connectivity index (χ2v) is 9.57. The number of halogens is 3. The number of aromatic hydroxyl groups is 1. The van der Waals surface area contributed by atoms with E-state index in [9.17, 15) is 35.1 Å². The van der Waals surface area contributed by atoms with Gasteiger partial charge in [0.05, 0.1) is 16.2 Å². The molecule has 6 nitrogen and oxygen atoms in total. The molecule has 0 unspecified atom stereocenters. The molecule has 1 heterocycles. The smallest absolute Gasteiger partial charge is 0.501 e. The Morgan fingerprint density at radius 3 is 2.31 bits per heavy atom. The predicted octanol–water partition coefficient (Wildman–Crippen LogP) is 1.82. The van der Waals surface area contributed by atoms with Crippen LogP contribution in [0.4, 0.5) is 13.2 Å². The van der Waals surface area contributed by atoms with Crippen molar-refractivity contribution < 1.29 is 39.7 Å². The average molecular weight is 410 g/mol. The first-order valence-electron chi connectivity index (χ1n) is 7.23. The number of aromatic nitrogens is 1. The minimum atomic E-state index is -5.56. The van der Waals surface area contributed by atoms with E-state index >= 15 is 0 Å². The molecular weight excluding hydrogens is 395 g/mol. The number of rotatable bonds is 5. The van der Waals surface area contributed by atoms with Crippen molar-refractivity contribution in [3.05, 3.63) is 48.3 Å². The van der Waals surface area contributed by atoms with E-state index in [1.165, 1.54) is 36.0 Å². The van der Waals surface area contributed by atoms with Crippen molar-refractivity contribution >= 4 is 19.7 Å². The van der Waals surface area contributed by atoms with Crippen LogP contribution in [0, 0.1) is 0 Å². The van der Waals surface area contributed by atoms with Crippen LogP contribution in [0.3, 0.4) is 0 Å². The minimum absolute atomic E-state index is 0.000979. The highest BCUT2D eigenvalue weighted by Crippen LogP contribution is 2.32. The number of hydrogen-bond acceptors (Lipinski definition) is 5. The molecule has 11 heteroatoms. The first kappa shape index (κ1) is 20.2. The lowest BCUT2D eigenvalue weighted by atomic mass is 10.2. The lowest BCUT2D eigenvalue weighted by Crippen LogP contribution is -2.34. The van der Waals surface area contributed by atoms with Crippen LogP contribution in [-0.4, -0.2) is 33.2 Å². The van der Waals surface area contributed by atoms with E-state index in [2.05, 4.69) is 0 Å². The Labute approximate surface area is 148 Å². The molecule has 2 aromatic rings. The molecule has 0 aliphatic rings. The van der Waals surface area contributed by atoms with Crippen molar-refractivity contribution in [1.29, 1.82) is 0 Å². The summed E-state index contributed by atoms with van der Waals surface area (Å²) < 4.78 is 86.2. The summed E-state index contributed by atoms with van der Waals surface area (Å²) in [5.74, 6) is -0.552. The summed E-state index contributed by atoms with van der Waals surface area (Å²) in [6, 6.07) is 5.01. The fourth-order valence-corrected chi connectivity index (χ4v) is 3.86. The second-order valence-electron chi connectivity index (χ2n) is 5.36. The van der Waals surface area contributed by atoms with Gasteiger partial charge in [-0.1, -0.05) is 6.92 Å². The third-order valence-corrected chi connectivity index (χ3v) is 6.79. The van der Waals surface area contributed by atoms with Gasteiger partial charge in [-0.15, -0.1) is 0 Å². The van der Waals surface area contributed by atoms with E-state index in [1.807, 2.05) is 0 Å². The molecular formula is C15H15F3NO5S2+. The van der Waals surface area contributed by atoms with Gasteiger partial charge in [-0.2, -0.15) is 17.7 Å². The van der Waals surface area contributed by atoms with Gasteiger partial charge in [0.15, 0.2) is 28.8 Å². The van der Waals surface area contributed by atoms with Crippen molar-refractivity contribution in [1.82, 2.24) is 0 Å². The zero-order chi connectivity index (χ0) is 19.8. The van der Waals surface area contributed by atoms with Crippen LogP contribution in [0.2, 0.25) is 0 Å². The molecule has 0 saturated carbocycles. The maximum atomic E-state index is 12.7. The Morgan fingerprint density at radius 2 is 1.73 bits per heavy atom. The van der Waals surface area contributed by atoms with E-state index in [0.717, 1.165) is 6.07 Å². The fourth-order valence-electron chi connectivity index (χ4n) is 2.13. The van der Waals surface area contributed by atoms with E-state index in [1.54, 1.807) is 0 Å². The highest BCUT2D eigenvalue weighted by molar-refractivity contribution is 7.92. The van der Waals surface area contributed by atoms with E-state index in [-0.39, 0.29) is 22.8 Å². The van der Waals surface area contributed by atoms with Crippen LogP contribution in [-0.2, 0) is 26.2 Å². The van der Waals surface area contributed by atoms with Crippen LogP contribution in [0.15, 0.2) is 52.5 Å². The summed E-state index contributed by atoms with van der Waals surface area (Å²) in [5, 5.41) is 9.83. The van der Waals surface area contributed by atoms with Crippen molar-refractivity contribution in [2.75, 3.05) is 5.75 Å². The second kappa shape index (κ2) is 6.88. The first-order chi connectivity index (χ1) is 11.9. The summed E-state index contributed by atoms with van der Waals surface area (Å²) in [7, 11) is -9.06. The van der Waals surface area contributed by atoms with Crippen LogP contribution in [0.1, 0.15) is 12.5 Å². The molecule has 0 aliphatic heterocycles. The molecule has 0 atom stereocenters. The highest BCUT2D eigenvalue weighted by atomic mass is 32.2. The molecule has 0 bridgehead atoms. The Balaban J connectivity index is 2.46. The Morgan fingerprint density at radius 1 is 1.08 bits per heavy atom. The molecule has 142 valence electrons. The fraction of sp³-hybridized carbons (Fsp3) is 0.267. The number of hydrogen-bond donors (Lipinski definition) is 1. The monoisotopic (exact) mass is 410 g/mol. The van der Waals surface area contributed by atoms with Crippen LogP contribution in [0.25, 0.3) is 0 Å². The summed E-state index contributed by atoms with van der Waals surface area (Å²) >= 11 is 0. The zero-order valence-corrected chi connectivity index (χ0v) is 15.1. The normalized spacial score (nSPS) is 12.9. The quantitative estimate of drug-likeness (QED) is 0.759. The predicted molar refractivity (Wildman–Crippen MR) is 84.8 cm³/mol. The molecule has 1 N–H and O–H groups in total. The first-order valence-corrected chi connectivity index (χ1v) is 10.4. The van der Waals surface area contributed by atoms with Crippen LogP contribution >= 0.6 is 0 Å². The Hall–Kier alpha value is -2.14. The summed E-state index contributed by atoms with van der Waals surface area (Å²) in [6.45, 7) is 1.24. The summed E-state index contributed by atoms with van der Waals surface area (Å²) in [5.41, 5.74) is -5.57. The molecule has 0 spiro atoms. The number of sulfone groups is 2. The number of pyridine rings is 1. The largest absolute Gasteiger partial charge is 0.507 e. The van der Waals surface area contributed by atoms with Gasteiger partial charge in [0, 0.05) is 6.07 Å². The third-order valence-electron chi connectivity index (χ3n) is 3.59. The van der Waals surface area contributed by atoms with E-state index in [0.29, 0.717) is 12.1 Å². The number of benzene rings is 1. The standard InChI is InChI=1S/C15H14F3NO5S2/c1-2-25(21,22)13-4-3-7-19(10-13)9-11-8-12(5-6-14(11)20)26(23,24)15(16,17)18/h3-8,10H,2,9H2,1H3/p+1. The maximum Gasteiger partial charge on any atom is 0.501 e. The summed E-state index contributed by atoms with van der Waals surface area (Å²) in [6.07, 6.45) is 2.70. The van der Waals surface area contributed by atoms with Crippen LogP contribution in [0.5, 0.6) is 5.75 Å². The van der Waals surface area contributed by atoms with E-state index in [4.69, 9.17) is 0 Å². The molecule has 2 rings (SSSR count). The summed E-state index contributed by atoms with van der Waals surface area (Å²) in [4.78, 5) is -1.00. The Kier molecular flexibility index (Phi) is 5.34. The van der Waals surface area contributed by atoms with Gasteiger partial charge in [-0.05, 0) is 24.3 Å². The van der Waals surface area contributed by atoms with Crippen LogP contribution < -0.4 is 4.57 Å². The zero-order valence-electron chi connectivity index (χ0n) is 13.4. The Bertz CT molecular complexity index is 1030.